The van der Waals surface area contributed by atoms with Crippen LogP contribution in [0, 0.1) is 10.1 Å². The van der Waals surface area contributed by atoms with Gasteiger partial charge in [-0.25, -0.2) is 9.69 Å². The molecule has 0 atom stereocenters. The number of benzene rings is 1. The molecule has 0 aliphatic carbocycles. The van der Waals surface area contributed by atoms with Gasteiger partial charge in [0.2, 0.25) is 0 Å². The molecule has 0 bridgehead atoms. The molecule has 1 saturated heterocycles. The Balaban J connectivity index is 1.90. The van der Waals surface area contributed by atoms with Crippen molar-refractivity contribution in [2.45, 2.75) is 0 Å². The third-order valence-corrected chi connectivity index (χ3v) is 2.97. The first-order valence-corrected chi connectivity index (χ1v) is 6.22. The van der Waals surface area contributed by atoms with E-state index in [4.69, 9.17) is 4.42 Å². The summed E-state index contributed by atoms with van der Waals surface area (Å²) in [6, 6.07) is 10.3. The number of imide groups is 1. The highest BCUT2D eigenvalue weighted by Crippen LogP contribution is 2.23. The van der Waals surface area contributed by atoms with Crippen LogP contribution in [0.3, 0.4) is 0 Å². The van der Waals surface area contributed by atoms with Gasteiger partial charge in [-0.2, -0.15) is 0 Å². The maximum atomic E-state index is 12.3. The lowest BCUT2D eigenvalue weighted by Gasteiger charge is -2.10. The number of rotatable bonds is 3. The molecule has 1 aromatic carbocycles. The zero-order valence-corrected chi connectivity index (χ0v) is 11.1. The fraction of sp³-hybridized carbons (Fsp3) is 0. The van der Waals surface area contributed by atoms with Crippen molar-refractivity contribution in [2.24, 2.45) is 0 Å². The van der Waals surface area contributed by atoms with Crippen molar-refractivity contribution in [3.05, 3.63) is 64.0 Å². The molecule has 2 heterocycles. The third-order valence-electron chi connectivity index (χ3n) is 2.97. The van der Waals surface area contributed by atoms with Gasteiger partial charge in [-0.15, -0.1) is 0 Å². The number of urea groups is 1. The van der Waals surface area contributed by atoms with Crippen LogP contribution in [0.5, 0.6) is 0 Å². The molecule has 2 aromatic rings. The highest BCUT2D eigenvalue weighted by molar-refractivity contribution is 6.28. The minimum Gasteiger partial charge on any atom is -0.401 e. The van der Waals surface area contributed by atoms with Gasteiger partial charge >= 0.3 is 11.9 Å². The summed E-state index contributed by atoms with van der Waals surface area (Å²) in [5, 5.41) is 13.0. The molecule has 1 aromatic heterocycles. The fourth-order valence-corrected chi connectivity index (χ4v) is 2.01. The topological polar surface area (TPSA) is 106 Å². The molecule has 1 aliphatic heterocycles. The molecule has 3 rings (SSSR count). The minimum absolute atomic E-state index is 0.0156. The zero-order chi connectivity index (χ0) is 15.7. The van der Waals surface area contributed by atoms with E-state index < -0.39 is 22.7 Å². The van der Waals surface area contributed by atoms with Gasteiger partial charge in [0.25, 0.3) is 5.91 Å². The standard InChI is InChI=1S/C14H9N3O5/c18-13-11(8-10-6-7-12(22-10)17(20)21)15-14(19)16(13)9-4-2-1-3-5-9/h1-8H,(H,15,19)/b11-8+. The quantitative estimate of drug-likeness (QED) is 0.405. The molecule has 110 valence electrons. The number of nitro groups is 1. The number of nitrogens with one attached hydrogen (secondary N) is 1. The molecule has 1 fully saturated rings. The van der Waals surface area contributed by atoms with Crippen LogP contribution < -0.4 is 10.2 Å². The maximum absolute atomic E-state index is 12.3. The first-order chi connectivity index (χ1) is 10.6. The van der Waals surface area contributed by atoms with E-state index in [1.165, 1.54) is 18.2 Å². The van der Waals surface area contributed by atoms with E-state index in [2.05, 4.69) is 5.32 Å². The van der Waals surface area contributed by atoms with E-state index in [0.717, 1.165) is 4.90 Å². The largest absolute Gasteiger partial charge is 0.433 e. The molecule has 0 spiro atoms. The predicted octanol–water partition coefficient (Wildman–Crippen LogP) is 2.29. The predicted molar refractivity (Wildman–Crippen MR) is 75.8 cm³/mol. The number of hydrogen-bond acceptors (Lipinski definition) is 5. The summed E-state index contributed by atoms with van der Waals surface area (Å²) < 4.78 is 4.93. The highest BCUT2D eigenvalue weighted by Gasteiger charge is 2.35. The zero-order valence-electron chi connectivity index (χ0n) is 11.1. The van der Waals surface area contributed by atoms with Gasteiger partial charge in [-0.3, -0.25) is 14.9 Å². The molecule has 3 amide bonds. The number of hydrogen-bond donors (Lipinski definition) is 1. The smallest absolute Gasteiger partial charge is 0.401 e. The second-order valence-corrected chi connectivity index (χ2v) is 4.40. The van der Waals surface area contributed by atoms with Crippen LogP contribution in [-0.4, -0.2) is 16.9 Å². The minimum atomic E-state index is -0.687. The Morgan fingerprint density at radius 3 is 2.50 bits per heavy atom. The Morgan fingerprint density at radius 2 is 1.86 bits per heavy atom. The van der Waals surface area contributed by atoms with Crippen LogP contribution in [0.25, 0.3) is 6.08 Å². The molecule has 0 radical (unpaired) electrons. The number of nitrogens with zero attached hydrogens (tertiary/aromatic N) is 2. The number of para-hydroxylation sites is 1. The number of carbonyl (C=O) groups is 2. The van der Waals surface area contributed by atoms with Crippen LogP contribution >= 0.6 is 0 Å². The van der Waals surface area contributed by atoms with Gasteiger partial charge in [0, 0.05) is 6.08 Å². The van der Waals surface area contributed by atoms with E-state index in [9.17, 15) is 19.7 Å². The van der Waals surface area contributed by atoms with Gasteiger partial charge in [0.05, 0.1) is 11.8 Å². The summed E-state index contributed by atoms with van der Waals surface area (Å²) in [6.45, 7) is 0. The molecule has 0 saturated carbocycles. The van der Waals surface area contributed by atoms with E-state index in [1.807, 2.05) is 0 Å². The van der Waals surface area contributed by atoms with E-state index in [0.29, 0.717) is 5.69 Å². The van der Waals surface area contributed by atoms with Gasteiger partial charge in [0.15, 0.2) is 0 Å². The molecule has 8 nitrogen and oxygen atoms in total. The van der Waals surface area contributed by atoms with E-state index in [1.54, 1.807) is 30.3 Å². The van der Waals surface area contributed by atoms with Crippen LogP contribution in [-0.2, 0) is 4.79 Å². The average Bonchev–Trinajstić information content (AvgIpc) is 3.06. The fourth-order valence-electron chi connectivity index (χ4n) is 2.01. The molecular formula is C14H9N3O5. The summed E-state index contributed by atoms with van der Waals surface area (Å²) in [5.41, 5.74) is 0.414. The van der Waals surface area contributed by atoms with Gasteiger partial charge < -0.3 is 9.73 Å². The Hall–Kier alpha value is -3.42. The van der Waals surface area contributed by atoms with Crippen LogP contribution in [0.1, 0.15) is 5.76 Å². The van der Waals surface area contributed by atoms with E-state index >= 15 is 0 Å². The third kappa shape index (κ3) is 2.33. The van der Waals surface area contributed by atoms with Crippen molar-refractivity contribution in [1.82, 2.24) is 5.32 Å². The van der Waals surface area contributed by atoms with Crippen molar-refractivity contribution in [2.75, 3.05) is 4.90 Å². The van der Waals surface area contributed by atoms with Crippen molar-refractivity contribution >= 4 is 29.6 Å². The maximum Gasteiger partial charge on any atom is 0.433 e. The van der Waals surface area contributed by atoms with Crippen molar-refractivity contribution < 1.29 is 18.9 Å². The number of amides is 3. The van der Waals surface area contributed by atoms with Crippen LogP contribution in [0.15, 0.2) is 52.6 Å². The average molecular weight is 299 g/mol. The highest BCUT2D eigenvalue weighted by atomic mass is 16.6. The summed E-state index contributed by atoms with van der Waals surface area (Å²) in [4.78, 5) is 35.0. The van der Waals surface area contributed by atoms with Crippen molar-refractivity contribution in [3.8, 4) is 0 Å². The summed E-state index contributed by atoms with van der Waals surface area (Å²) in [6.07, 6.45) is 1.25. The second-order valence-electron chi connectivity index (χ2n) is 4.40. The van der Waals surface area contributed by atoms with Crippen molar-refractivity contribution in [1.29, 1.82) is 0 Å². The molecule has 1 N–H and O–H groups in total. The molecular weight excluding hydrogens is 290 g/mol. The van der Waals surface area contributed by atoms with Crippen LogP contribution in [0.4, 0.5) is 16.4 Å². The van der Waals surface area contributed by atoms with Crippen molar-refractivity contribution in [3.63, 3.8) is 0 Å². The van der Waals surface area contributed by atoms with Gasteiger partial charge in [-0.1, -0.05) is 18.2 Å². The lowest BCUT2D eigenvalue weighted by molar-refractivity contribution is -0.402. The number of carbonyl (C=O) groups excluding carboxylic acids is 2. The van der Waals surface area contributed by atoms with Gasteiger partial charge in [-0.05, 0) is 18.2 Å². The van der Waals surface area contributed by atoms with Gasteiger partial charge in [0.1, 0.15) is 16.4 Å². The monoisotopic (exact) mass is 299 g/mol. The molecule has 22 heavy (non-hydrogen) atoms. The Kier molecular flexibility index (Phi) is 3.18. The first-order valence-electron chi connectivity index (χ1n) is 6.22. The molecule has 8 heteroatoms. The lowest BCUT2D eigenvalue weighted by Crippen LogP contribution is -2.30. The summed E-state index contributed by atoms with van der Waals surface area (Å²) in [5.74, 6) is -0.899. The van der Waals surface area contributed by atoms with E-state index in [-0.39, 0.29) is 11.5 Å². The summed E-state index contributed by atoms with van der Waals surface area (Å²) >= 11 is 0. The molecule has 1 aliphatic rings. The Morgan fingerprint density at radius 1 is 1.14 bits per heavy atom. The second kappa shape index (κ2) is 5.17. The number of furan rings is 1. The molecule has 0 unspecified atom stereocenters. The summed E-state index contributed by atoms with van der Waals surface area (Å²) in [7, 11) is 0. The lowest BCUT2D eigenvalue weighted by atomic mass is 10.3. The normalized spacial score (nSPS) is 16.2. The number of anilines is 1. The van der Waals surface area contributed by atoms with Crippen LogP contribution in [0.2, 0.25) is 0 Å². The first kappa shape index (κ1) is 13.6. The Bertz CT molecular complexity index is 794. The Labute approximate surface area is 123 Å². The SMILES string of the molecule is O=C1N/C(=C/c2ccc([N+](=O)[O-])o2)C(=O)N1c1ccccc1.